The second-order valence-corrected chi connectivity index (χ2v) is 8.00. The molecule has 12 nitrogen and oxygen atoms in total. The van der Waals surface area contributed by atoms with Crippen molar-refractivity contribution in [2.75, 3.05) is 25.1 Å². The van der Waals surface area contributed by atoms with Crippen molar-refractivity contribution in [3.8, 4) is 0 Å². The molecule has 3 heterocycles. The molecule has 2 aliphatic heterocycles. The number of hydrogen-bond acceptors (Lipinski definition) is 11. The maximum absolute atomic E-state index is 12.8. The van der Waals surface area contributed by atoms with Crippen LogP contribution in [0.4, 0.5) is 5.13 Å². The van der Waals surface area contributed by atoms with Gasteiger partial charge in [-0.1, -0.05) is 5.16 Å². The zero-order valence-electron chi connectivity index (χ0n) is 18.3. The summed E-state index contributed by atoms with van der Waals surface area (Å²) in [6.45, 7) is 0.886. The van der Waals surface area contributed by atoms with Crippen LogP contribution in [0, 0.1) is 0 Å². The molecular weight excluding hydrogens is 439 g/mol. The molecule has 2 aliphatic rings. The smallest absolute Gasteiger partial charge is 0.352 e. The van der Waals surface area contributed by atoms with E-state index in [0.717, 1.165) is 28.0 Å². The lowest BCUT2D eigenvalue weighted by atomic mass is 10.0. The van der Waals surface area contributed by atoms with Gasteiger partial charge in [-0.25, -0.2) is 9.78 Å². The molecular formula is C16H17N5O7S2. The van der Waals surface area contributed by atoms with Gasteiger partial charge >= 0.3 is 11.9 Å². The number of nitrogens with two attached hydrogens (primary N) is 1. The van der Waals surface area contributed by atoms with Crippen LogP contribution in [0.3, 0.4) is 0 Å². The summed E-state index contributed by atoms with van der Waals surface area (Å²) in [6, 6.07) is -1.12. The van der Waals surface area contributed by atoms with E-state index < -0.39 is 47.9 Å². The number of anilines is 1. The number of esters is 1. The van der Waals surface area contributed by atoms with E-state index >= 15 is 0 Å². The standard InChI is InChI=1S/C16H17N5O7S2/c1-6(22)28-3-7-4-29-14-10(13(24)21(14)11(7)15(25)26)19-12(23)9(20-27-2)8-5-30-16(17)18-8/h5,10,14H,3-4H2,1-2H3,(H2,17,18)(H,19,23)(H,25,26)/b20-9+/t10-,14-/m1/s1/i2+1D3. The fourth-order valence-electron chi connectivity index (χ4n) is 2.84. The van der Waals surface area contributed by atoms with E-state index in [0.29, 0.717) is 0 Å². The van der Waals surface area contributed by atoms with Gasteiger partial charge < -0.3 is 25.7 Å². The van der Waals surface area contributed by atoms with Crippen LogP contribution in [0.5, 0.6) is 0 Å². The number of nitrogens with zero attached hydrogens (tertiary/aromatic N) is 3. The van der Waals surface area contributed by atoms with Crippen molar-refractivity contribution < 1.29 is 38.0 Å². The minimum Gasteiger partial charge on any atom is -0.477 e. The SMILES string of the molecule is [2H][13C]([2H])([2H])O/N=C(/C(=O)N[C@@H]1C(=O)N2C(C(=O)O)=C(COC(C)=O)CS[C@H]12)c1csc(N)n1. The molecule has 0 bridgehead atoms. The number of carboxylic acids is 1. The molecule has 1 aromatic rings. The molecule has 3 rings (SSSR count). The molecule has 0 saturated carbocycles. The number of carbonyl (C=O) groups excluding carboxylic acids is 3. The zero-order valence-corrected chi connectivity index (χ0v) is 16.9. The topological polar surface area (TPSA) is 174 Å². The van der Waals surface area contributed by atoms with Crippen molar-refractivity contribution in [3.63, 3.8) is 0 Å². The first-order valence-electron chi connectivity index (χ1n) is 9.71. The number of nitrogen functional groups attached to an aromatic ring is 1. The first-order valence-corrected chi connectivity index (χ1v) is 10.1. The lowest BCUT2D eigenvalue weighted by molar-refractivity contribution is -0.150. The highest BCUT2D eigenvalue weighted by Gasteiger charge is 2.54. The Kier molecular flexibility index (Phi) is 5.14. The Balaban J connectivity index is 1.80. The Morgan fingerprint density at radius 2 is 2.30 bits per heavy atom. The number of fused-ring (bicyclic) bond motifs is 1. The Bertz CT molecular complexity index is 1070. The predicted octanol–water partition coefficient (Wildman–Crippen LogP) is -0.622. The van der Waals surface area contributed by atoms with Crippen LogP contribution in [0.15, 0.2) is 21.8 Å². The molecule has 1 aromatic heterocycles. The molecule has 0 unspecified atom stereocenters. The summed E-state index contributed by atoms with van der Waals surface area (Å²) < 4.78 is 26.1. The van der Waals surface area contributed by atoms with Crippen molar-refractivity contribution in [2.45, 2.75) is 18.3 Å². The van der Waals surface area contributed by atoms with E-state index in [2.05, 4.69) is 20.3 Å². The van der Waals surface area contributed by atoms with Crippen LogP contribution >= 0.6 is 23.1 Å². The number of hydrogen-bond donors (Lipinski definition) is 3. The molecule has 14 heteroatoms. The first kappa shape index (κ1) is 17.7. The molecule has 0 radical (unpaired) electrons. The average Bonchev–Trinajstić information content (AvgIpc) is 3.14. The maximum atomic E-state index is 12.8. The predicted molar refractivity (Wildman–Crippen MR) is 106 cm³/mol. The van der Waals surface area contributed by atoms with E-state index in [1.54, 1.807) is 0 Å². The van der Waals surface area contributed by atoms with E-state index in [-0.39, 0.29) is 34.5 Å². The van der Waals surface area contributed by atoms with Crippen LogP contribution < -0.4 is 11.1 Å². The third kappa shape index (κ3) is 4.09. The number of thioether (sulfide) groups is 1. The Morgan fingerprint density at radius 1 is 1.53 bits per heavy atom. The summed E-state index contributed by atoms with van der Waals surface area (Å²) >= 11 is 2.13. The number of oxime groups is 1. The number of rotatable bonds is 7. The third-order valence-electron chi connectivity index (χ3n) is 4.10. The van der Waals surface area contributed by atoms with Gasteiger partial charge in [0, 0.05) is 23.6 Å². The minimum absolute atomic E-state index is 0.0611. The molecule has 4 N–H and O–H groups in total. The highest BCUT2D eigenvalue weighted by molar-refractivity contribution is 8.00. The van der Waals surface area contributed by atoms with Crippen molar-refractivity contribution in [1.29, 1.82) is 0 Å². The molecule has 1 fully saturated rings. The lowest BCUT2D eigenvalue weighted by Crippen LogP contribution is -2.71. The summed E-state index contributed by atoms with van der Waals surface area (Å²) in [5.74, 6) is -3.52. The van der Waals surface area contributed by atoms with Gasteiger partial charge in [0.1, 0.15) is 36.5 Å². The van der Waals surface area contributed by atoms with E-state index in [4.69, 9.17) is 14.6 Å². The molecule has 160 valence electrons. The summed E-state index contributed by atoms with van der Waals surface area (Å²) in [7, 11) is -2.94. The maximum Gasteiger partial charge on any atom is 0.352 e. The molecule has 1 saturated heterocycles. The fraction of sp³-hybridized carbons (Fsp3) is 0.375. The normalized spacial score (nSPS) is 22.8. The van der Waals surface area contributed by atoms with Gasteiger partial charge in [-0.3, -0.25) is 19.3 Å². The number of carboxylic acid groups (broad SMARTS) is 1. The quantitative estimate of drug-likeness (QED) is 0.157. The zero-order chi connectivity index (χ0) is 24.5. The van der Waals surface area contributed by atoms with Crippen molar-refractivity contribution in [1.82, 2.24) is 15.2 Å². The fourth-order valence-corrected chi connectivity index (χ4v) is 4.71. The average molecular weight is 459 g/mol. The molecule has 0 spiro atoms. The van der Waals surface area contributed by atoms with Crippen LogP contribution in [0.25, 0.3) is 0 Å². The number of nitrogens with one attached hydrogen (secondary N) is 1. The number of ether oxygens (including phenoxy) is 1. The number of amides is 2. The number of aromatic nitrogens is 1. The molecule has 0 aliphatic carbocycles. The molecule has 0 aromatic carbocycles. The number of carbonyl (C=O) groups is 4. The summed E-state index contributed by atoms with van der Waals surface area (Å²) in [5.41, 5.74) is 4.90. The Hall–Kier alpha value is -3.13. The van der Waals surface area contributed by atoms with Crippen molar-refractivity contribution in [2.24, 2.45) is 5.16 Å². The molecule has 2 amide bonds. The van der Waals surface area contributed by atoms with E-state index in [9.17, 15) is 24.3 Å². The van der Waals surface area contributed by atoms with Gasteiger partial charge in [0.15, 0.2) is 10.8 Å². The monoisotopic (exact) mass is 459 g/mol. The van der Waals surface area contributed by atoms with Gasteiger partial charge in [-0.05, 0) is 0 Å². The largest absolute Gasteiger partial charge is 0.477 e. The third-order valence-corrected chi connectivity index (χ3v) is 6.12. The van der Waals surface area contributed by atoms with Crippen LogP contribution in [0.2, 0.25) is 0 Å². The molecule has 2 atom stereocenters. The van der Waals surface area contributed by atoms with Gasteiger partial charge in [0.25, 0.3) is 11.8 Å². The van der Waals surface area contributed by atoms with Gasteiger partial charge in [0.05, 0.1) is 4.11 Å². The number of thiazole rings is 1. The Morgan fingerprint density at radius 3 is 2.90 bits per heavy atom. The highest BCUT2D eigenvalue weighted by Crippen LogP contribution is 2.40. The summed E-state index contributed by atoms with van der Waals surface area (Å²) in [4.78, 5) is 57.6. The van der Waals surface area contributed by atoms with Crippen molar-refractivity contribution in [3.05, 3.63) is 22.3 Å². The first-order chi connectivity index (χ1) is 15.4. The van der Waals surface area contributed by atoms with Crippen LogP contribution in [-0.4, -0.2) is 75.3 Å². The number of β-lactam (4-membered cyclic amide) rings is 1. The van der Waals surface area contributed by atoms with Gasteiger partial charge in [-0.2, -0.15) is 0 Å². The summed E-state index contributed by atoms with van der Waals surface area (Å²) in [6.07, 6.45) is 0. The van der Waals surface area contributed by atoms with Gasteiger partial charge in [0.2, 0.25) is 0 Å². The van der Waals surface area contributed by atoms with E-state index in [1.165, 1.54) is 12.3 Å². The van der Waals surface area contributed by atoms with Crippen molar-refractivity contribution >= 4 is 57.7 Å². The summed E-state index contributed by atoms with van der Waals surface area (Å²) in [5, 5.41) is 16.0. The van der Waals surface area contributed by atoms with Crippen LogP contribution in [0.1, 0.15) is 16.7 Å². The van der Waals surface area contributed by atoms with Gasteiger partial charge in [-0.15, -0.1) is 23.1 Å². The lowest BCUT2D eigenvalue weighted by Gasteiger charge is -2.49. The Labute approximate surface area is 182 Å². The van der Waals surface area contributed by atoms with Crippen LogP contribution in [-0.2, 0) is 28.8 Å². The number of aliphatic carboxylic acids is 1. The minimum atomic E-state index is -2.94. The second-order valence-electron chi connectivity index (χ2n) is 6.00. The second kappa shape index (κ2) is 8.71. The molecule has 30 heavy (non-hydrogen) atoms. The highest BCUT2D eigenvalue weighted by atomic mass is 32.2. The van der Waals surface area contributed by atoms with E-state index in [1.807, 2.05) is 0 Å².